The second-order valence-electron chi connectivity index (χ2n) is 5.28. The Morgan fingerprint density at radius 2 is 2.26 bits per heavy atom. The van der Waals surface area contributed by atoms with Gasteiger partial charge in [-0.25, -0.2) is 0 Å². The third kappa shape index (κ3) is 3.50. The van der Waals surface area contributed by atoms with Gasteiger partial charge in [0, 0.05) is 25.7 Å². The largest absolute Gasteiger partial charge is 0.313 e. The molecule has 0 aliphatic carbocycles. The minimum atomic E-state index is 0.637. The van der Waals surface area contributed by atoms with Crippen LogP contribution in [0.3, 0.4) is 0 Å². The minimum absolute atomic E-state index is 0.637. The van der Waals surface area contributed by atoms with Crippen LogP contribution in [0.5, 0.6) is 0 Å². The molecule has 5 heteroatoms. The Hall–Kier alpha value is -0.580. The molecule has 108 valence electrons. The summed E-state index contributed by atoms with van der Waals surface area (Å²) in [5.41, 5.74) is 2.09. The van der Waals surface area contributed by atoms with Crippen LogP contribution in [0, 0.1) is 6.92 Å². The van der Waals surface area contributed by atoms with E-state index in [9.17, 15) is 0 Å². The molecule has 4 nitrogen and oxygen atoms in total. The summed E-state index contributed by atoms with van der Waals surface area (Å²) in [5.74, 6) is 0. The number of nitrogens with one attached hydrogen (secondary N) is 1. The topological polar surface area (TPSA) is 33.1 Å². The van der Waals surface area contributed by atoms with E-state index in [0.717, 1.165) is 49.1 Å². The zero-order chi connectivity index (χ0) is 13.8. The molecule has 1 atom stereocenters. The molecule has 0 saturated carbocycles. The predicted molar refractivity (Wildman–Crippen MR) is 79.6 cm³/mol. The molecule has 1 saturated heterocycles. The number of likely N-dealkylation sites (N-methyl/N-ethyl adjacent to an activating group) is 1. The van der Waals surface area contributed by atoms with E-state index in [1.165, 1.54) is 12.8 Å². The van der Waals surface area contributed by atoms with Crippen molar-refractivity contribution in [3.8, 4) is 0 Å². The lowest BCUT2D eigenvalue weighted by Gasteiger charge is -2.24. The zero-order valence-corrected chi connectivity index (χ0v) is 13.0. The van der Waals surface area contributed by atoms with Gasteiger partial charge in [0.15, 0.2) is 0 Å². The minimum Gasteiger partial charge on any atom is -0.313 e. The number of aryl methyl sites for hydroxylation is 2. The van der Waals surface area contributed by atoms with Crippen molar-refractivity contribution in [3.63, 3.8) is 0 Å². The van der Waals surface area contributed by atoms with Gasteiger partial charge in [-0.3, -0.25) is 9.58 Å². The summed E-state index contributed by atoms with van der Waals surface area (Å²) in [6, 6.07) is 0.637. The molecule has 1 aromatic rings. The molecule has 2 heterocycles. The molecule has 1 aliphatic rings. The van der Waals surface area contributed by atoms with Gasteiger partial charge in [0.2, 0.25) is 0 Å². The first-order valence-corrected chi connectivity index (χ1v) is 7.71. The van der Waals surface area contributed by atoms with E-state index in [1.807, 2.05) is 11.6 Å². The molecular weight excluding hydrogens is 260 g/mol. The average Bonchev–Trinajstić information content (AvgIpc) is 3.01. The normalized spacial score (nSPS) is 19.5. The van der Waals surface area contributed by atoms with Crippen LogP contribution < -0.4 is 5.32 Å². The maximum Gasteiger partial charge on any atom is 0.0860 e. The average molecular weight is 285 g/mol. The number of nitrogens with zero attached hydrogens (tertiary/aromatic N) is 3. The van der Waals surface area contributed by atoms with Gasteiger partial charge in [-0.2, -0.15) is 5.10 Å². The summed E-state index contributed by atoms with van der Waals surface area (Å²) in [7, 11) is 0. The van der Waals surface area contributed by atoms with Crippen LogP contribution in [0.4, 0.5) is 0 Å². The number of hydrogen-bond acceptors (Lipinski definition) is 3. The molecule has 1 aliphatic heterocycles. The molecule has 1 N–H and O–H groups in total. The van der Waals surface area contributed by atoms with Gasteiger partial charge in [0.1, 0.15) is 0 Å². The Balaban J connectivity index is 2.04. The van der Waals surface area contributed by atoms with E-state index in [1.54, 1.807) is 0 Å². The molecule has 2 rings (SSSR count). The van der Waals surface area contributed by atoms with Gasteiger partial charge in [-0.05, 0) is 39.8 Å². The van der Waals surface area contributed by atoms with Crippen LogP contribution in [-0.2, 0) is 13.1 Å². The number of aromatic nitrogens is 2. The summed E-state index contributed by atoms with van der Waals surface area (Å²) in [6.07, 6.45) is 2.59. The van der Waals surface area contributed by atoms with Crippen LogP contribution in [0.2, 0.25) is 5.02 Å². The lowest BCUT2D eigenvalue weighted by Crippen LogP contribution is -2.37. The van der Waals surface area contributed by atoms with Crippen molar-refractivity contribution in [1.82, 2.24) is 20.0 Å². The highest BCUT2D eigenvalue weighted by Crippen LogP contribution is 2.22. The molecule has 1 aromatic heterocycles. The van der Waals surface area contributed by atoms with Crippen molar-refractivity contribution in [2.75, 3.05) is 19.6 Å². The highest BCUT2D eigenvalue weighted by atomic mass is 35.5. The van der Waals surface area contributed by atoms with Crippen LogP contribution in [0.25, 0.3) is 0 Å². The molecule has 0 bridgehead atoms. The van der Waals surface area contributed by atoms with Crippen molar-refractivity contribution in [3.05, 3.63) is 16.4 Å². The summed E-state index contributed by atoms with van der Waals surface area (Å²) in [5, 5.41) is 8.88. The number of hydrogen-bond donors (Lipinski definition) is 1. The zero-order valence-electron chi connectivity index (χ0n) is 12.2. The molecule has 1 fully saturated rings. The third-order valence-corrected chi connectivity index (χ3v) is 4.41. The Morgan fingerprint density at radius 1 is 1.47 bits per heavy atom. The highest BCUT2D eigenvalue weighted by molar-refractivity contribution is 6.31. The van der Waals surface area contributed by atoms with Gasteiger partial charge >= 0.3 is 0 Å². The van der Waals surface area contributed by atoms with Crippen molar-refractivity contribution in [2.24, 2.45) is 0 Å². The van der Waals surface area contributed by atoms with Crippen LogP contribution in [0.1, 0.15) is 38.1 Å². The van der Waals surface area contributed by atoms with Crippen LogP contribution in [0.15, 0.2) is 0 Å². The van der Waals surface area contributed by atoms with Crippen molar-refractivity contribution in [1.29, 1.82) is 0 Å². The van der Waals surface area contributed by atoms with E-state index in [2.05, 4.69) is 29.2 Å². The second-order valence-corrected chi connectivity index (χ2v) is 5.66. The van der Waals surface area contributed by atoms with E-state index in [4.69, 9.17) is 11.6 Å². The fourth-order valence-electron chi connectivity index (χ4n) is 2.76. The van der Waals surface area contributed by atoms with Crippen molar-refractivity contribution >= 4 is 11.6 Å². The van der Waals surface area contributed by atoms with Crippen LogP contribution >= 0.6 is 11.6 Å². The molecule has 0 radical (unpaired) electrons. The molecule has 19 heavy (non-hydrogen) atoms. The van der Waals surface area contributed by atoms with Crippen molar-refractivity contribution in [2.45, 2.75) is 52.7 Å². The standard InChI is InChI=1S/C14H25ClN4/c1-4-18(9-12-7-6-8-16-12)10-13-14(15)11(3)17-19(13)5-2/h12,16H,4-10H2,1-3H3. The van der Waals surface area contributed by atoms with E-state index in [-0.39, 0.29) is 0 Å². The Kier molecular flexibility index (Phi) is 5.25. The first kappa shape index (κ1) is 14.8. The third-order valence-electron chi connectivity index (χ3n) is 3.91. The monoisotopic (exact) mass is 284 g/mol. The summed E-state index contributed by atoms with van der Waals surface area (Å²) in [4.78, 5) is 2.46. The Bertz CT molecular complexity index is 410. The Morgan fingerprint density at radius 3 is 2.84 bits per heavy atom. The van der Waals surface area contributed by atoms with Gasteiger partial charge in [0.05, 0.1) is 16.4 Å². The lowest BCUT2D eigenvalue weighted by molar-refractivity contribution is 0.246. The molecule has 0 aromatic carbocycles. The molecule has 0 spiro atoms. The Labute approximate surface area is 121 Å². The number of rotatable bonds is 6. The maximum atomic E-state index is 6.38. The van der Waals surface area contributed by atoms with Gasteiger partial charge in [-0.15, -0.1) is 0 Å². The van der Waals surface area contributed by atoms with E-state index in [0.29, 0.717) is 6.04 Å². The summed E-state index contributed by atoms with van der Waals surface area (Å²) in [6.45, 7) is 11.4. The van der Waals surface area contributed by atoms with E-state index >= 15 is 0 Å². The first-order chi connectivity index (χ1) is 9.15. The SMILES string of the molecule is CCN(Cc1c(Cl)c(C)nn1CC)CC1CCCN1. The van der Waals surface area contributed by atoms with E-state index < -0.39 is 0 Å². The summed E-state index contributed by atoms with van der Waals surface area (Å²) >= 11 is 6.38. The van der Waals surface area contributed by atoms with Crippen LogP contribution in [-0.4, -0.2) is 40.4 Å². The predicted octanol–water partition coefficient (Wildman–Crippen LogP) is 2.44. The van der Waals surface area contributed by atoms with Crippen molar-refractivity contribution < 1.29 is 0 Å². The second kappa shape index (κ2) is 6.73. The molecule has 0 amide bonds. The number of halogens is 1. The summed E-state index contributed by atoms with van der Waals surface area (Å²) < 4.78 is 2.03. The highest BCUT2D eigenvalue weighted by Gasteiger charge is 2.20. The van der Waals surface area contributed by atoms with Gasteiger partial charge in [0.25, 0.3) is 0 Å². The van der Waals surface area contributed by atoms with Gasteiger partial charge in [-0.1, -0.05) is 18.5 Å². The fraction of sp³-hybridized carbons (Fsp3) is 0.786. The van der Waals surface area contributed by atoms with Gasteiger partial charge < -0.3 is 5.32 Å². The lowest BCUT2D eigenvalue weighted by atomic mass is 10.2. The maximum absolute atomic E-state index is 6.38. The quantitative estimate of drug-likeness (QED) is 0.871. The molecule has 1 unspecified atom stereocenters. The smallest absolute Gasteiger partial charge is 0.0860 e. The fourth-order valence-corrected chi connectivity index (χ4v) is 2.96. The first-order valence-electron chi connectivity index (χ1n) is 7.33. The molecular formula is C14H25ClN4.